The second-order valence-electron chi connectivity index (χ2n) is 3.89. The van der Waals surface area contributed by atoms with E-state index in [4.69, 9.17) is 4.52 Å². The number of nitrogens with zero attached hydrogens (tertiary/aromatic N) is 2. The molecule has 0 unspecified atom stereocenters. The van der Waals surface area contributed by atoms with E-state index >= 15 is 0 Å². The minimum absolute atomic E-state index is 0.175. The minimum atomic E-state index is -0.995. The van der Waals surface area contributed by atoms with E-state index in [1.165, 1.54) is 0 Å². The number of hydrogen-bond acceptors (Lipinski definition) is 3. The highest BCUT2D eigenvalue weighted by Gasteiger charge is 2.23. The molecule has 90 valence electrons. The monoisotopic (exact) mass is 234 g/mol. The van der Waals surface area contributed by atoms with Crippen LogP contribution in [0, 0.1) is 0 Å². The summed E-state index contributed by atoms with van der Waals surface area (Å²) < 4.78 is 6.95. The smallest absolute Gasteiger partial charge is 0.341 e. The quantitative estimate of drug-likeness (QED) is 0.881. The third kappa shape index (κ3) is 1.95. The van der Waals surface area contributed by atoms with Crippen molar-refractivity contribution in [3.63, 3.8) is 0 Å². The van der Waals surface area contributed by atoms with Gasteiger partial charge in [-0.3, -0.25) is 0 Å². The van der Waals surface area contributed by atoms with E-state index in [0.29, 0.717) is 17.9 Å². The number of carbonyl (C=O) groups is 1. The Kier molecular flexibility index (Phi) is 2.99. The minimum Gasteiger partial charge on any atom is -0.477 e. The van der Waals surface area contributed by atoms with Gasteiger partial charge in [-0.15, -0.1) is 0 Å². The molecule has 0 aliphatic carbocycles. The number of aromatic carboxylic acids is 1. The SMILES string of the molecule is CCCc1onc(-c2cccn2C)c1C(=O)O. The number of aryl methyl sites for hydroxylation is 2. The Hall–Kier alpha value is -2.04. The second kappa shape index (κ2) is 4.45. The molecular formula is C12H14N2O3. The molecule has 2 heterocycles. The topological polar surface area (TPSA) is 68.3 Å². The zero-order valence-corrected chi connectivity index (χ0v) is 9.80. The Labute approximate surface area is 98.7 Å². The lowest BCUT2D eigenvalue weighted by Gasteiger charge is -2.00. The van der Waals surface area contributed by atoms with Crippen LogP contribution in [-0.2, 0) is 13.5 Å². The van der Waals surface area contributed by atoms with Gasteiger partial charge in [-0.1, -0.05) is 12.1 Å². The van der Waals surface area contributed by atoms with Gasteiger partial charge in [0.05, 0.1) is 5.69 Å². The Bertz CT molecular complexity index is 540. The zero-order chi connectivity index (χ0) is 12.4. The molecule has 5 heteroatoms. The lowest BCUT2D eigenvalue weighted by molar-refractivity contribution is 0.0695. The van der Waals surface area contributed by atoms with Crippen LogP contribution in [0.25, 0.3) is 11.4 Å². The van der Waals surface area contributed by atoms with Crippen LogP contribution in [0.4, 0.5) is 0 Å². The van der Waals surface area contributed by atoms with Crippen molar-refractivity contribution in [3.8, 4) is 11.4 Å². The van der Waals surface area contributed by atoms with Gasteiger partial charge < -0.3 is 14.2 Å². The first kappa shape index (κ1) is 11.4. The van der Waals surface area contributed by atoms with Crippen LogP contribution in [0.5, 0.6) is 0 Å². The van der Waals surface area contributed by atoms with Gasteiger partial charge in [0.15, 0.2) is 5.76 Å². The molecule has 0 aromatic carbocycles. The van der Waals surface area contributed by atoms with E-state index in [0.717, 1.165) is 12.1 Å². The molecule has 0 aliphatic rings. The predicted octanol–water partition coefficient (Wildman–Crippen LogP) is 2.33. The van der Waals surface area contributed by atoms with Crippen LogP contribution in [0.1, 0.15) is 29.5 Å². The molecule has 2 aromatic rings. The molecule has 17 heavy (non-hydrogen) atoms. The molecule has 2 aromatic heterocycles. The summed E-state index contributed by atoms with van der Waals surface area (Å²) in [5.41, 5.74) is 1.32. The van der Waals surface area contributed by atoms with Crippen molar-refractivity contribution >= 4 is 5.97 Å². The molecule has 0 atom stereocenters. The highest BCUT2D eigenvalue weighted by atomic mass is 16.5. The first-order chi connectivity index (χ1) is 8.15. The van der Waals surface area contributed by atoms with E-state index in [9.17, 15) is 9.90 Å². The van der Waals surface area contributed by atoms with Gasteiger partial charge in [0.25, 0.3) is 0 Å². The van der Waals surface area contributed by atoms with E-state index in [1.807, 2.05) is 36.9 Å². The Balaban J connectivity index is 2.55. The fourth-order valence-corrected chi connectivity index (χ4v) is 1.82. The molecule has 0 saturated heterocycles. The molecule has 0 amide bonds. The van der Waals surface area contributed by atoms with Crippen molar-refractivity contribution in [2.24, 2.45) is 7.05 Å². The third-order valence-corrected chi connectivity index (χ3v) is 2.64. The molecule has 5 nitrogen and oxygen atoms in total. The molecule has 0 saturated carbocycles. The maximum atomic E-state index is 11.3. The predicted molar refractivity (Wildman–Crippen MR) is 61.9 cm³/mol. The normalized spacial score (nSPS) is 10.7. The standard InChI is InChI=1S/C12H14N2O3/c1-3-5-9-10(12(15)16)11(13-17-9)8-6-4-7-14(8)2/h4,6-7H,3,5H2,1-2H3,(H,15,16). The number of carboxylic acid groups (broad SMARTS) is 1. The maximum absolute atomic E-state index is 11.3. The summed E-state index contributed by atoms with van der Waals surface area (Å²) in [7, 11) is 1.84. The summed E-state index contributed by atoms with van der Waals surface area (Å²) in [6.07, 6.45) is 3.25. The zero-order valence-electron chi connectivity index (χ0n) is 9.80. The molecule has 2 rings (SSSR count). The Morgan fingerprint density at radius 2 is 2.35 bits per heavy atom. The average Bonchev–Trinajstić information content (AvgIpc) is 2.84. The fourth-order valence-electron chi connectivity index (χ4n) is 1.82. The van der Waals surface area contributed by atoms with Gasteiger partial charge in [-0.2, -0.15) is 0 Å². The van der Waals surface area contributed by atoms with Crippen molar-refractivity contribution in [1.29, 1.82) is 0 Å². The Morgan fingerprint density at radius 3 is 2.88 bits per heavy atom. The molecule has 0 radical (unpaired) electrons. The van der Waals surface area contributed by atoms with Gasteiger partial charge in [0, 0.05) is 19.7 Å². The molecule has 0 aliphatic heterocycles. The van der Waals surface area contributed by atoms with Crippen LogP contribution >= 0.6 is 0 Å². The highest BCUT2D eigenvalue weighted by molar-refractivity contribution is 5.95. The summed E-state index contributed by atoms with van der Waals surface area (Å²) in [6, 6.07) is 3.66. The summed E-state index contributed by atoms with van der Waals surface area (Å²) in [5, 5.41) is 13.1. The van der Waals surface area contributed by atoms with Crippen molar-refractivity contribution in [2.75, 3.05) is 0 Å². The van der Waals surface area contributed by atoms with Crippen LogP contribution in [-0.4, -0.2) is 20.8 Å². The second-order valence-corrected chi connectivity index (χ2v) is 3.89. The van der Waals surface area contributed by atoms with Crippen molar-refractivity contribution in [3.05, 3.63) is 29.7 Å². The highest BCUT2D eigenvalue weighted by Crippen LogP contribution is 2.26. The van der Waals surface area contributed by atoms with Gasteiger partial charge in [-0.25, -0.2) is 4.79 Å². The van der Waals surface area contributed by atoms with Crippen molar-refractivity contribution in [2.45, 2.75) is 19.8 Å². The van der Waals surface area contributed by atoms with Gasteiger partial charge in [0.1, 0.15) is 11.3 Å². The molecule has 0 fully saturated rings. The largest absolute Gasteiger partial charge is 0.477 e. The van der Waals surface area contributed by atoms with Crippen molar-refractivity contribution in [1.82, 2.24) is 9.72 Å². The molecular weight excluding hydrogens is 220 g/mol. The first-order valence-corrected chi connectivity index (χ1v) is 5.48. The lowest BCUT2D eigenvalue weighted by atomic mass is 10.1. The van der Waals surface area contributed by atoms with Crippen molar-refractivity contribution < 1.29 is 14.4 Å². The fraction of sp³-hybridized carbons (Fsp3) is 0.333. The van der Waals surface area contributed by atoms with Crippen LogP contribution in [0.15, 0.2) is 22.9 Å². The van der Waals surface area contributed by atoms with E-state index in [2.05, 4.69) is 5.16 Å². The molecule has 1 N–H and O–H groups in total. The summed E-state index contributed by atoms with van der Waals surface area (Å²) >= 11 is 0. The molecule has 0 spiro atoms. The number of aromatic nitrogens is 2. The van der Waals surface area contributed by atoms with Crippen LogP contribution < -0.4 is 0 Å². The average molecular weight is 234 g/mol. The summed E-state index contributed by atoms with van der Waals surface area (Å²) in [4.78, 5) is 11.3. The van der Waals surface area contributed by atoms with E-state index in [-0.39, 0.29) is 5.56 Å². The number of rotatable bonds is 4. The number of carboxylic acids is 1. The van der Waals surface area contributed by atoms with E-state index < -0.39 is 5.97 Å². The number of hydrogen-bond donors (Lipinski definition) is 1. The lowest BCUT2D eigenvalue weighted by Crippen LogP contribution is -2.03. The third-order valence-electron chi connectivity index (χ3n) is 2.64. The molecule has 0 bridgehead atoms. The van der Waals surface area contributed by atoms with Gasteiger partial charge in [-0.05, 0) is 18.6 Å². The first-order valence-electron chi connectivity index (χ1n) is 5.48. The van der Waals surface area contributed by atoms with Crippen LogP contribution in [0.2, 0.25) is 0 Å². The van der Waals surface area contributed by atoms with Gasteiger partial charge in [0.2, 0.25) is 0 Å². The van der Waals surface area contributed by atoms with E-state index in [1.54, 1.807) is 0 Å². The maximum Gasteiger partial charge on any atom is 0.341 e. The summed E-state index contributed by atoms with van der Waals surface area (Å²) in [5.74, 6) is -0.554. The summed E-state index contributed by atoms with van der Waals surface area (Å²) in [6.45, 7) is 1.97. The van der Waals surface area contributed by atoms with Crippen LogP contribution in [0.3, 0.4) is 0 Å². The Morgan fingerprint density at radius 1 is 1.59 bits per heavy atom. The van der Waals surface area contributed by atoms with Gasteiger partial charge >= 0.3 is 5.97 Å².